The summed E-state index contributed by atoms with van der Waals surface area (Å²) in [6.45, 7) is 2.37. The number of amides is 1. The molecule has 0 aliphatic carbocycles. The highest BCUT2D eigenvalue weighted by Crippen LogP contribution is 2.43. The van der Waals surface area contributed by atoms with Gasteiger partial charge in [0.2, 0.25) is 0 Å². The van der Waals surface area contributed by atoms with Gasteiger partial charge < -0.3 is 14.6 Å². The number of methoxy groups -OCH3 is 1. The standard InChI is InChI=1S/C26H21Cl2NO5/c1-3-34-19-11-9-18(10-12-19)29-23(15-4-7-17(27)8-5-15)22(25(31)26(29)32)24(30)16-6-13-21(33-2)20(28)14-16/h4-14,23,30H,3H2,1-2H3/b24-22-. The summed E-state index contributed by atoms with van der Waals surface area (Å²) in [6.07, 6.45) is 0. The zero-order chi connectivity index (χ0) is 24.4. The van der Waals surface area contributed by atoms with E-state index >= 15 is 0 Å². The Kier molecular flexibility index (Phi) is 6.82. The van der Waals surface area contributed by atoms with Gasteiger partial charge in [-0.15, -0.1) is 0 Å². The van der Waals surface area contributed by atoms with Crippen molar-refractivity contribution in [1.82, 2.24) is 0 Å². The lowest BCUT2D eigenvalue weighted by Gasteiger charge is -2.25. The highest BCUT2D eigenvalue weighted by Gasteiger charge is 2.47. The van der Waals surface area contributed by atoms with Crippen LogP contribution in [0, 0.1) is 0 Å². The first-order valence-electron chi connectivity index (χ1n) is 10.5. The van der Waals surface area contributed by atoms with Gasteiger partial charge in [0, 0.05) is 16.3 Å². The van der Waals surface area contributed by atoms with Crippen LogP contribution in [0.2, 0.25) is 10.0 Å². The Morgan fingerprint density at radius 2 is 1.68 bits per heavy atom. The van der Waals surface area contributed by atoms with Crippen molar-refractivity contribution in [2.75, 3.05) is 18.6 Å². The van der Waals surface area contributed by atoms with Gasteiger partial charge in [0.15, 0.2) is 0 Å². The van der Waals surface area contributed by atoms with Crippen molar-refractivity contribution in [3.05, 3.63) is 93.5 Å². The lowest BCUT2D eigenvalue weighted by atomic mass is 9.95. The maximum absolute atomic E-state index is 13.2. The molecule has 6 nitrogen and oxygen atoms in total. The highest BCUT2D eigenvalue weighted by atomic mass is 35.5. The number of ether oxygens (including phenoxy) is 2. The number of carbonyl (C=O) groups excluding carboxylic acids is 2. The van der Waals surface area contributed by atoms with Crippen LogP contribution in [0.4, 0.5) is 5.69 Å². The number of carbonyl (C=O) groups is 2. The van der Waals surface area contributed by atoms with Crippen LogP contribution in [0.15, 0.2) is 72.3 Å². The van der Waals surface area contributed by atoms with Crippen molar-refractivity contribution in [3.63, 3.8) is 0 Å². The molecular weight excluding hydrogens is 477 g/mol. The van der Waals surface area contributed by atoms with E-state index in [1.54, 1.807) is 60.7 Å². The quantitative estimate of drug-likeness (QED) is 0.255. The lowest BCUT2D eigenvalue weighted by Crippen LogP contribution is -2.29. The molecule has 1 atom stereocenters. The Morgan fingerprint density at radius 3 is 2.26 bits per heavy atom. The first kappa shape index (κ1) is 23.7. The van der Waals surface area contributed by atoms with Crippen molar-refractivity contribution in [2.24, 2.45) is 0 Å². The van der Waals surface area contributed by atoms with Gasteiger partial charge in [0.1, 0.15) is 17.3 Å². The SMILES string of the molecule is CCOc1ccc(N2C(=O)C(=O)/C(=C(\O)c3ccc(OC)c(Cl)c3)C2c2ccc(Cl)cc2)cc1. The summed E-state index contributed by atoms with van der Waals surface area (Å²) < 4.78 is 10.7. The Balaban J connectivity index is 1.88. The zero-order valence-corrected chi connectivity index (χ0v) is 19.9. The second-order valence-electron chi connectivity index (χ2n) is 7.50. The second kappa shape index (κ2) is 9.79. The third kappa shape index (κ3) is 4.34. The fraction of sp³-hybridized carbons (Fsp3) is 0.154. The molecule has 174 valence electrons. The fourth-order valence-electron chi connectivity index (χ4n) is 3.90. The number of nitrogens with zero attached hydrogens (tertiary/aromatic N) is 1. The molecule has 0 spiro atoms. The largest absolute Gasteiger partial charge is 0.507 e. The van der Waals surface area contributed by atoms with E-state index < -0.39 is 17.7 Å². The summed E-state index contributed by atoms with van der Waals surface area (Å²) in [6, 6.07) is 17.4. The summed E-state index contributed by atoms with van der Waals surface area (Å²) in [5, 5.41) is 12.0. The van der Waals surface area contributed by atoms with Crippen LogP contribution in [0.3, 0.4) is 0 Å². The van der Waals surface area contributed by atoms with E-state index in [0.717, 1.165) is 0 Å². The second-order valence-corrected chi connectivity index (χ2v) is 8.34. The van der Waals surface area contributed by atoms with Crippen molar-refractivity contribution in [3.8, 4) is 11.5 Å². The van der Waals surface area contributed by atoms with Gasteiger partial charge >= 0.3 is 0 Å². The van der Waals surface area contributed by atoms with Gasteiger partial charge in [0.05, 0.1) is 30.4 Å². The normalized spacial score (nSPS) is 17.2. The number of hydrogen-bond acceptors (Lipinski definition) is 5. The van der Waals surface area contributed by atoms with Gasteiger partial charge in [-0.3, -0.25) is 14.5 Å². The van der Waals surface area contributed by atoms with E-state index in [2.05, 4.69) is 0 Å². The number of benzene rings is 3. The number of Topliss-reactive ketones (excluding diaryl/α,β-unsaturated/α-hetero) is 1. The molecule has 3 aromatic rings. The van der Waals surface area contributed by atoms with Gasteiger partial charge in [-0.2, -0.15) is 0 Å². The molecule has 1 fully saturated rings. The number of aliphatic hydroxyl groups is 1. The molecule has 4 rings (SSSR count). The van der Waals surface area contributed by atoms with E-state index in [4.69, 9.17) is 32.7 Å². The van der Waals surface area contributed by atoms with Crippen molar-refractivity contribution >= 4 is 46.3 Å². The number of aliphatic hydroxyl groups excluding tert-OH is 1. The van der Waals surface area contributed by atoms with Gasteiger partial charge in [0.25, 0.3) is 11.7 Å². The van der Waals surface area contributed by atoms with Crippen LogP contribution in [0.5, 0.6) is 11.5 Å². The predicted octanol–water partition coefficient (Wildman–Crippen LogP) is 6.03. The minimum Gasteiger partial charge on any atom is -0.507 e. The maximum Gasteiger partial charge on any atom is 0.300 e. The number of rotatable bonds is 6. The Labute approximate surface area is 206 Å². The van der Waals surface area contributed by atoms with E-state index in [9.17, 15) is 14.7 Å². The number of halogens is 2. The molecule has 1 aliphatic heterocycles. The minimum atomic E-state index is -0.879. The first-order chi connectivity index (χ1) is 16.3. The van der Waals surface area contributed by atoms with Crippen LogP contribution in [-0.2, 0) is 9.59 Å². The summed E-state index contributed by atoms with van der Waals surface area (Å²) in [5.74, 6) is -0.846. The molecule has 1 heterocycles. The molecule has 0 bridgehead atoms. The summed E-state index contributed by atoms with van der Waals surface area (Å²) in [7, 11) is 1.48. The minimum absolute atomic E-state index is 0.0533. The maximum atomic E-state index is 13.2. The average Bonchev–Trinajstić information content (AvgIpc) is 3.10. The summed E-state index contributed by atoms with van der Waals surface area (Å²) in [4.78, 5) is 27.8. The molecule has 0 aromatic heterocycles. The predicted molar refractivity (Wildman–Crippen MR) is 132 cm³/mol. The van der Waals surface area contributed by atoms with E-state index in [-0.39, 0.29) is 21.9 Å². The third-order valence-electron chi connectivity index (χ3n) is 5.48. The molecule has 34 heavy (non-hydrogen) atoms. The monoisotopic (exact) mass is 497 g/mol. The van der Waals surface area contributed by atoms with E-state index in [1.165, 1.54) is 18.1 Å². The Bertz CT molecular complexity index is 1270. The smallest absolute Gasteiger partial charge is 0.300 e. The summed E-state index contributed by atoms with van der Waals surface area (Å²) >= 11 is 12.3. The molecule has 1 saturated heterocycles. The first-order valence-corrected chi connectivity index (χ1v) is 11.2. The van der Waals surface area contributed by atoms with Crippen molar-refractivity contribution in [2.45, 2.75) is 13.0 Å². The molecule has 0 saturated carbocycles. The van der Waals surface area contributed by atoms with Crippen LogP contribution >= 0.6 is 23.2 Å². The zero-order valence-electron chi connectivity index (χ0n) is 18.4. The van der Waals surface area contributed by atoms with Crippen molar-refractivity contribution < 1.29 is 24.2 Å². The highest BCUT2D eigenvalue weighted by molar-refractivity contribution is 6.51. The van der Waals surface area contributed by atoms with Crippen LogP contribution < -0.4 is 14.4 Å². The van der Waals surface area contributed by atoms with Crippen LogP contribution in [-0.4, -0.2) is 30.5 Å². The average molecular weight is 498 g/mol. The van der Waals surface area contributed by atoms with Crippen molar-refractivity contribution in [1.29, 1.82) is 0 Å². The van der Waals surface area contributed by atoms with Gasteiger partial charge in [-0.05, 0) is 67.1 Å². The Hall–Kier alpha value is -3.48. The van der Waals surface area contributed by atoms with E-state index in [1.807, 2.05) is 6.92 Å². The fourth-order valence-corrected chi connectivity index (χ4v) is 4.28. The molecule has 1 aliphatic rings. The van der Waals surface area contributed by atoms with Crippen LogP contribution in [0.25, 0.3) is 5.76 Å². The summed E-state index contributed by atoms with van der Waals surface area (Å²) in [5.41, 5.74) is 1.33. The third-order valence-corrected chi connectivity index (χ3v) is 6.03. The molecular formula is C26H21Cl2NO5. The van der Waals surface area contributed by atoms with Crippen LogP contribution in [0.1, 0.15) is 24.1 Å². The molecule has 3 aromatic carbocycles. The molecule has 1 unspecified atom stereocenters. The van der Waals surface area contributed by atoms with Gasteiger partial charge in [-0.25, -0.2) is 0 Å². The van der Waals surface area contributed by atoms with E-state index in [0.29, 0.717) is 34.4 Å². The number of anilines is 1. The van der Waals surface area contributed by atoms with Gasteiger partial charge in [-0.1, -0.05) is 35.3 Å². The molecule has 8 heteroatoms. The Morgan fingerprint density at radius 1 is 1.00 bits per heavy atom. The molecule has 1 N–H and O–H groups in total. The molecule has 0 radical (unpaired) electrons. The topological polar surface area (TPSA) is 76.1 Å². The number of hydrogen-bond donors (Lipinski definition) is 1. The molecule has 1 amide bonds. The lowest BCUT2D eigenvalue weighted by molar-refractivity contribution is -0.132. The number of ketones is 1.